The van der Waals surface area contributed by atoms with Crippen molar-refractivity contribution in [2.75, 3.05) is 18.4 Å². The van der Waals surface area contributed by atoms with Gasteiger partial charge in [-0.25, -0.2) is 4.98 Å². The summed E-state index contributed by atoms with van der Waals surface area (Å²) >= 11 is 3.17. The lowest BCUT2D eigenvalue weighted by Gasteiger charge is -2.21. The van der Waals surface area contributed by atoms with E-state index in [0.717, 1.165) is 33.3 Å². The van der Waals surface area contributed by atoms with Crippen LogP contribution in [0, 0.1) is 6.92 Å². The first-order valence-corrected chi connectivity index (χ1v) is 10.9. The Bertz CT molecular complexity index is 935. The quantitative estimate of drug-likeness (QED) is 0.587. The number of hydrogen-bond donors (Lipinski definition) is 1. The number of nitrogens with one attached hydrogen (secondary N) is 1. The Kier molecular flexibility index (Phi) is 6.95. The molecule has 0 aliphatic heterocycles. The summed E-state index contributed by atoms with van der Waals surface area (Å²) in [5, 5.41) is 7.76. The van der Waals surface area contributed by atoms with Crippen molar-refractivity contribution in [1.29, 1.82) is 0 Å². The Morgan fingerprint density at radius 1 is 1.14 bits per heavy atom. The van der Waals surface area contributed by atoms with Crippen LogP contribution in [0.1, 0.15) is 24.6 Å². The summed E-state index contributed by atoms with van der Waals surface area (Å²) in [5.41, 5.74) is 2.52. The van der Waals surface area contributed by atoms with Crippen LogP contribution < -0.4 is 5.32 Å². The van der Waals surface area contributed by atoms with E-state index in [1.807, 2.05) is 61.0 Å². The van der Waals surface area contributed by atoms with E-state index >= 15 is 0 Å². The molecular weight excluding hydrogens is 390 g/mol. The van der Waals surface area contributed by atoms with Gasteiger partial charge in [-0.15, -0.1) is 22.7 Å². The van der Waals surface area contributed by atoms with Crippen molar-refractivity contribution < 1.29 is 9.59 Å². The molecule has 0 bridgehead atoms. The van der Waals surface area contributed by atoms with Crippen LogP contribution in [0.15, 0.2) is 47.2 Å². The van der Waals surface area contributed by atoms with Gasteiger partial charge in [-0.05, 0) is 36.4 Å². The number of benzene rings is 1. The highest BCUT2D eigenvalue weighted by atomic mass is 32.1. The van der Waals surface area contributed by atoms with Gasteiger partial charge in [-0.2, -0.15) is 0 Å². The molecule has 2 amide bonds. The van der Waals surface area contributed by atoms with E-state index in [-0.39, 0.29) is 24.8 Å². The van der Waals surface area contributed by atoms with Gasteiger partial charge in [0, 0.05) is 17.6 Å². The molecule has 0 aliphatic carbocycles. The van der Waals surface area contributed by atoms with Crippen LogP contribution in [0.3, 0.4) is 0 Å². The highest BCUT2D eigenvalue weighted by molar-refractivity contribution is 7.20. The minimum absolute atomic E-state index is 0.0446. The summed E-state index contributed by atoms with van der Waals surface area (Å²) in [5.74, 6) is -0.265. The van der Waals surface area contributed by atoms with E-state index in [1.54, 1.807) is 27.6 Å². The minimum Gasteiger partial charge on any atom is -0.333 e. The molecular formula is C21H23N3O2S2. The van der Waals surface area contributed by atoms with E-state index < -0.39 is 0 Å². The van der Waals surface area contributed by atoms with Crippen LogP contribution in [0.4, 0.5) is 5.69 Å². The van der Waals surface area contributed by atoms with Gasteiger partial charge in [0.2, 0.25) is 11.8 Å². The number of anilines is 1. The van der Waals surface area contributed by atoms with Gasteiger partial charge in [0.05, 0.1) is 23.5 Å². The van der Waals surface area contributed by atoms with Crippen LogP contribution in [-0.4, -0.2) is 34.8 Å². The second-order valence-electron chi connectivity index (χ2n) is 6.48. The van der Waals surface area contributed by atoms with E-state index in [1.165, 1.54) is 0 Å². The average molecular weight is 414 g/mol. The zero-order valence-electron chi connectivity index (χ0n) is 16.0. The van der Waals surface area contributed by atoms with Crippen molar-refractivity contribution in [3.8, 4) is 9.88 Å². The van der Waals surface area contributed by atoms with Crippen LogP contribution in [0.25, 0.3) is 9.88 Å². The predicted octanol–water partition coefficient (Wildman–Crippen LogP) is 4.60. The summed E-state index contributed by atoms with van der Waals surface area (Å²) in [6.45, 7) is 4.53. The van der Waals surface area contributed by atoms with Crippen molar-refractivity contribution in [3.63, 3.8) is 0 Å². The van der Waals surface area contributed by atoms with Gasteiger partial charge in [0.25, 0.3) is 0 Å². The number of carbonyl (C=O) groups is 2. The molecule has 2 heterocycles. The second kappa shape index (κ2) is 9.61. The third-order valence-electron chi connectivity index (χ3n) is 4.22. The fourth-order valence-electron chi connectivity index (χ4n) is 2.81. The molecule has 146 valence electrons. The monoisotopic (exact) mass is 413 g/mol. The number of para-hydroxylation sites is 1. The third-order valence-corrected chi connectivity index (χ3v) is 6.15. The lowest BCUT2D eigenvalue weighted by Crippen LogP contribution is -2.39. The number of thiophene rings is 1. The number of aromatic nitrogens is 1. The zero-order chi connectivity index (χ0) is 19.9. The number of hydrogen-bond acceptors (Lipinski definition) is 5. The predicted molar refractivity (Wildman–Crippen MR) is 116 cm³/mol. The molecule has 0 radical (unpaired) electrons. The maximum absolute atomic E-state index is 12.8. The van der Waals surface area contributed by atoms with Gasteiger partial charge < -0.3 is 10.2 Å². The lowest BCUT2D eigenvalue weighted by atomic mass is 10.2. The van der Waals surface area contributed by atoms with Crippen LogP contribution >= 0.6 is 22.7 Å². The molecule has 0 atom stereocenters. The smallest absolute Gasteiger partial charge is 0.244 e. The molecule has 3 rings (SSSR count). The molecule has 7 heteroatoms. The molecule has 1 aromatic carbocycles. The molecule has 2 aromatic heterocycles. The van der Waals surface area contributed by atoms with Crippen LogP contribution in [0.5, 0.6) is 0 Å². The zero-order valence-corrected chi connectivity index (χ0v) is 17.6. The Morgan fingerprint density at radius 2 is 1.96 bits per heavy atom. The fraction of sp³-hybridized carbons (Fsp3) is 0.286. The summed E-state index contributed by atoms with van der Waals surface area (Å²) in [6, 6.07) is 11.6. The van der Waals surface area contributed by atoms with Crippen molar-refractivity contribution in [1.82, 2.24) is 9.88 Å². The Morgan fingerprint density at radius 3 is 2.68 bits per heavy atom. The van der Waals surface area contributed by atoms with E-state index in [2.05, 4.69) is 10.3 Å². The molecule has 5 nitrogen and oxygen atoms in total. The van der Waals surface area contributed by atoms with Gasteiger partial charge in [-0.3, -0.25) is 9.59 Å². The minimum atomic E-state index is -0.186. The Hall–Kier alpha value is -2.51. The molecule has 0 saturated carbocycles. The normalized spacial score (nSPS) is 10.6. The number of aryl methyl sites for hydroxylation is 1. The molecule has 0 spiro atoms. The van der Waals surface area contributed by atoms with E-state index in [4.69, 9.17) is 0 Å². The molecule has 3 aromatic rings. The number of carbonyl (C=O) groups excluding carboxylic acids is 2. The Labute approximate surface area is 173 Å². The standard InChI is InChI=1S/C21H23N3O2S2/c1-3-10-24(13-19(25)23-17-8-5-4-7-15(17)2)20(26)12-16-14-28-21(22-16)18-9-6-11-27-18/h4-9,11,14H,3,10,12-13H2,1-2H3,(H,23,25). The number of thiazole rings is 1. The molecule has 0 fully saturated rings. The largest absolute Gasteiger partial charge is 0.333 e. The van der Waals surface area contributed by atoms with E-state index in [0.29, 0.717) is 6.54 Å². The SMILES string of the molecule is CCCN(CC(=O)Nc1ccccc1C)C(=O)Cc1csc(-c2cccs2)n1. The maximum atomic E-state index is 12.8. The van der Waals surface area contributed by atoms with Crippen molar-refractivity contribution in [2.45, 2.75) is 26.7 Å². The fourth-order valence-corrected chi connectivity index (χ4v) is 4.44. The van der Waals surface area contributed by atoms with Gasteiger partial charge >= 0.3 is 0 Å². The highest BCUT2D eigenvalue weighted by Crippen LogP contribution is 2.28. The van der Waals surface area contributed by atoms with Crippen molar-refractivity contribution >= 4 is 40.2 Å². The number of amides is 2. The second-order valence-corrected chi connectivity index (χ2v) is 8.28. The first-order valence-electron chi connectivity index (χ1n) is 9.18. The van der Waals surface area contributed by atoms with Crippen LogP contribution in [0.2, 0.25) is 0 Å². The first kappa shape index (κ1) is 20.2. The molecule has 28 heavy (non-hydrogen) atoms. The molecule has 1 N–H and O–H groups in total. The highest BCUT2D eigenvalue weighted by Gasteiger charge is 2.19. The third kappa shape index (κ3) is 5.27. The Balaban J connectivity index is 1.62. The van der Waals surface area contributed by atoms with Gasteiger partial charge in [0.1, 0.15) is 5.01 Å². The summed E-state index contributed by atoms with van der Waals surface area (Å²) < 4.78 is 0. The van der Waals surface area contributed by atoms with Crippen LogP contribution in [-0.2, 0) is 16.0 Å². The van der Waals surface area contributed by atoms with Gasteiger partial charge in [-0.1, -0.05) is 31.2 Å². The lowest BCUT2D eigenvalue weighted by molar-refractivity contribution is -0.134. The first-order chi connectivity index (χ1) is 13.6. The van der Waals surface area contributed by atoms with E-state index in [9.17, 15) is 9.59 Å². The summed E-state index contributed by atoms with van der Waals surface area (Å²) in [6.07, 6.45) is 1.00. The number of nitrogens with zero attached hydrogens (tertiary/aromatic N) is 2. The summed E-state index contributed by atoms with van der Waals surface area (Å²) in [4.78, 5) is 32.5. The molecule has 0 aliphatic rings. The van der Waals surface area contributed by atoms with Crippen molar-refractivity contribution in [3.05, 3.63) is 58.4 Å². The summed E-state index contributed by atoms with van der Waals surface area (Å²) in [7, 11) is 0. The average Bonchev–Trinajstić information content (AvgIpc) is 3.35. The maximum Gasteiger partial charge on any atom is 0.244 e. The number of rotatable bonds is 8. The van der Waals surface area contributed by atoms with Gasteiger partial charge in [0.15, 0.2) is 0 Å². The topological polar surface area (TPSA) is 62.3 Å². The molecule has 0 saturated heterocycles. The molecule has 0 unspecified atom stereocenters. The van der Waals surface area contributed by atoms with Crippen molar-refractivity contribution in [2.24, 2.45) is 0 Å².